The quantitative estimate of drug-likeness (QED) is 0.399. The third kappa shape index (κ3) is 3.82. The molecule has 86 valence electrons. The van der Waals surface area contributed by atoms with E-state index in [2.05, 4.69) is 10.6 Å². The molecule has 0 bridgehead atoms. The average molecular weight is 217 g/mol. The lowest BCUT2D eigenvalue weighted by Crippen LogP contribution is -2.53. The Balaban J connectivity index is 2.25. The van der Waals surface area contributed by atoms with E-state index in [1.165, 1.54) is 0 Å². The van der Waals surface area contributed by atoms with Gasteiger partial charge in [0.1, 0.15) is 12.1 Å². The van der Waals surface area contributed by atoms with Gasteiger partial charge in [-0.2, -0.15) is 0 Å². The molecular weight excluding hydrogens is 202 g/mol. The van der Waals surface area contributed by atoms with Crippen LogP contribution < -0.4 is 16.4 Å². The van der Waals surface area contributed by atoms with Gasteiger partial charge in [0.05, 0.1) is 19.8 Å². The Kier molecular flexibility index (Phi) is 4.47. The Labute approximate surface area is 87.0 Å². The molecule has 7 nitrogen and oxygen atoms in total. The number of aliphatic hydroxyl groups excluding tert-OH is 1. The van der Waals surface area contributed by atoms with Crippen molar-refractivity contribution in [1.82, 2.24) is 10.6 Å². The number of aliphatic hydroxyl groups is 1. The van der Waals surface area contributed by atoms with Crippen molar-refractivity contribution in [3.8, 4) is 0 Å². The van der Waals surface area contributed by atoms with Crippen LogP contribution >= 0.6 is 0 Å². The highest BCUT2D eigenvalue weighted by Gasteiger charge is 2.22. The number of rotatable bonds is 4. The fraction of sp³-hybridized carbons (Fsp3) is 0.750. The monoisotopic (exact) mass is 217 g/mol. The maximum Gasteiger partial charge on any atom is 0.248 e. The van der Waals surface area contributed by atoms with Gasteiger partial charge in [0, 0.05) is 6.54 Å². The molecular formula is C8H15N3O4. The van der Waals surface area contributed by atoms with Gasteiger partial charge in [-0.15, -0.1) is 0 Å². The SMILES string of the molecule is NC(=O)C(O)CNC(=O)C1COCCN1. The van der Waals surface area contributed by atoms with Gasteiger partial charge in [0.15, 0.2) is 0 Å². The zero-order chi connectivity index (χ0) is 11.3. The molecule has 0 aromatic heterocycles. The minimum absolute atomic E-state index is 0.174. The molecule has 1 aliphatic heterocycles. The lowest BCUT2D eigenvalue weighted by molar-refractivity contribution is -0.128. The van der Waals surface area contributed by atoms with Crippen LogP contribution in [0.5, 0.6) is 0 Å². The molecule has 1 aliphatic rings. The molecule has 1 saturated heterocycles. The molecule has 0 radical (unpaired) electrons. The summed E-state index contributed by atoms with van der Waals surface area (Å²) in [5, 5.41) is 14.4. The number of amides is 2. The summed E-state index contributed by atoms with van der Waals surface area (Å²) in [4.78, 5) is 21.9. The predicted octanol–water partition coefficient (Wildman–Crippen LogP) is -3.06. The van der Waals surface area contributed by atoms with Crippen LogP contribution in [0.3, 0.4) is 0 Å². The first kappa shape index (κ1) is 11.9. The number of primary amides is 1. The Morgan fingerprint density at radius 3 is 2.93 bits per heavy atom. The molecule has 2 amide bonds. The molecule has 7 heteroatoms. The van der Waals surface area contributed by atoms with E-state index in [1.807, 2.05) is 0 Å². The number of hydrogen-bond acceptors (Lipinski definition) is 5. The molecule has 5 N–H and O–H groups in total. The number of carbonyl (C=O) groups excluding carboxylic acids is 2. The number of nitrogens with two attached hydrogens (primary N) is 1. The predicted molar refractivity (Wildman–Crippen MR) is 50.8 cm³/mol. The third-order valence-electron chi connectivity index (χ3n) is 2.04. The summed E-state index contributed by atoms with van der Waals surface area (Å²) in [5.41, 5.74) is 4.82. The van der Waals surface area contributed by atoms with Gasteiger partial charge in [-0.3, -0.25) is 9.59 Å². The normalized spacial score (nSPS) is 23.1. The van der Waals surface area contributed by atoms with E-state index >= 15 is 0 Å². The summed E-state index contributed by atoms with van der Waals surface area (Å²) >= 11 is 0. The van der Waals surface area contributed by atoms with Crippen molar-refractivity contribution < 1.29 is 19.4 Å². The van der Waals surface area contributed by atoms with E-state index in [9.17, 15) is 9.59 Å². The van der Waals surface area contributed by atoms with Gasteiger partial charge in [0.2, 0.25) is 11.8 Å². The van der Waals surface area contributed by atoms with Crippen molar-refractivity contribution >= 4 is 11.8 Å². The van der Waals surface area contributed by atoms with Crippen LogP contribution in [0.1, 0.15) is 0 Å². The number of nitrogens with one attached hydrogen (secondary N) is 2. The van der Waals surface area contributed by atoms with E-state index in [-0.39, 0.29) is 12.5 Å². The Morgan fingerprint density at radius 1 is 1.67 bits per heavy atom. The molecule has 2 atom stereocenters. The Hall–Kier alpha value is -1.18. The summed E-state index contributed by atoms with van der Waals surface area (Å²) in [6.45, 7) is 1.30. The number of morpholine rings is 1. The summed E-state index contributed by atoms with van der Waals surface area (Å²) in [5.74, 6) is -1.17. The lowest BCUT2D eigenvalue weighted by atomic mass is 10.2. The van der Waals surface area contributed by atoms with Gasteiger partial charge >= 0.3 is 0 Å². The molecule has 1 fully saturated rings. The molecule has 0 spiro atoms. The molecule has 0 aliphatic carbocycles. The largest absolute Gasteiger partial charge is 0.381 e. The molecule has 15 heavy (non-hydrogen) atoms. The second-order valence-electron chi connectivity index (χ2n) is 3.24. The first-order valence-corrected chi connectivity index (χ1v) is 4.67. The van der Waals surface area contributed by atoms with Crippen molar-refractivity contribution in [2.45, 2.75) is 12.1 Å². The van der Waals surface area contributed by atoms with Crippen LogP contribution in [0.25, 0.3) is 0 Å². The fourth-order valence-corrected chi connectivity index (χ4v) is 1.15. The van der Waals surface area contributed by atoms with Gasteiger partial charge in [-0.1, -0.05) is 0 Å². The molecule has 0 aromatic rings. The van der Waals surface area contributed by atoms with Crippen molar-refractivity contribution in [2.24, 2.45) is 5.73 Å². The highest BCUT2D eigenvalue weighted by molar-refractivity contribution is 5.83. The maximum atomic E-state index is 11.4. The standard InChI is InChI=1S/C8H15N3O4/c9-7(13)6(12)3-11-8(14)5-4-15-2-1-10-5/h5-6,10,12H,1-4H2,(H2,9,13)(H,11,14). The van der Waals surface area contributed by atoms with Gasteiger partial charge in [-0.05, 0) is 0 Å². The van der Waals surface area contributed by atoms with Gasteiger partial charge in [0.25, 0.3) is 0 Å². The third-order valence-corrected chi connectivity index (χ3v) is 2.04. The summed E-state index contributed by atoms with van der Waals surface area (Å²) in [6, 6.07) is -0.432. The van der Waals surface area contributed by atoms with E-state index < -0.39 is 18.1 Å². The number of carbonyl (C=O) groups is 2. The first-order valence-electron chi connectivity index (χ1n) is 4.67. The van der Waals surface area contributed by atoms with Crippen molar-refractivity contribution in [3.63, 3.8) is 0 Å². The van der Waals surface area contributed by atoms with Crippen LogP contribution in [0.15, 0.2) is 0 Å². The molecule has 1 rings (SSSR count). The van der Waals surface area contributed by atoms with Crippen molar-refractivity contribution in [3.05, 3.63) is 0 Å². The Bertz CT molecular complexity index is 240. The zero-order valence-corrected chi connectivity index (χ0v) is 8.23. The van der Waals surface area contributed by atoms with E-state index in [0.717, 1.165) is 0 Å². The second-order valence-corrected chi connectivity index (χ2v) is 3.24. The van der Waals surface area contributed by atoms with Crippen LogP contribution in [0, 0.1) is 0 Å². The van der Waals surface area contributed by atoms with E-state index in [4.69, 9.17) is 15.6 Å². The van der Waals surface area contributed by atoms with E-state index in [0.29, 0.717) is 19.8 Å². The highest BCUT2D eigenvalue weighted by Crippen LogP contribution is 1.92. The molecule has 0 aromatic carbocycles. The van der Waals surface area contributed by atoms with Crippen LogP contribution in [0.4, 0.5) is 0 Å². The molecule has 2 unspecified atom stereocenters. The smallest absolute Gasteiger partial charge is 0.248 e. The summed E-state index contributed by atoms with van der Waals surface area (Å²) in [6.07, 6.45) is -1.35. The first-order chi connectivity index (χ1) is 7.11. The summed E-state index contributed by atoms with van der Waals surface area (Å²) in [7, 11) is 0. The average Bonchev–Trinajstić information content (AvgIpc) is 2.26. The fourth-order valence-electron chi connectivity index (χ4n) is 1.15. The minimum Gasteiger partial charge on any atom is -0.381 e. The lowest BCUT2D eigenvalue weighted by Gasteiger charge is -2.23. The van der Waals surface area contributed by atoms with Crippen LogP contribution in [-0.2, 0) is 14.3 Å². The minimum atomic E-state index is -1.35. The second kappa shape index (κ2) is 5.64. The van der Waals surface area contributed by atoms with Crippen molar-refractivity contribution in [1.29, 1.82) is 0 Å². The topological polar surface area (TPSA) is 114 Å². The van der Waals surface area contributed by atoms with Gasteiger partial charge < -0.3 is 26.2 Å². The molecule has 1 heterocycles. The van der Waals surface area contributed by atoms with Crippen LogP contribution in [-0.4, -0.2) is 55.4 Å². The highest BCUT2D eigenvalue weighted by atomic mass is 16.5. The number of ether oxygens (including phenoxy) is 1. The van der Waals surface area contributed by atoms with Gasteiger partial charge in [-0.25, -0.2) is 0 Å². The zero-order valence-electron chi connectivity index (χ0n) is 8.23. The van der Waals surface area contributed by atoms with E-state index in [1.54, 1.807) is 0 Å². The number of hydrogen-bond donors (Lipinski definition) is 4. The van der Waals surface area contributed by atoms with Crippen LogP contribution in [0.2, 0.25) is 0 Å². The molecule has 0 saturated carbocycles. The Morgan fingerprint density at radius 2 is 2.40 bits per heavy atom. The maximum absolute atomic E-state index is 11.4. The van der Waals surface area contributed by atoms with Crippen molar-refractivity contribution in [2.75, 3.05) is 26.3 Å². The summed E-state index contributed by atoms with van der Waals surface area (Å²) < 4.78 is 5.08.